The fraction of sp³-hybridized carbons (Fsp3) is 0.486. The van der Waals surface area contributed by atoms with Gasteiger partial charge in [0, 0.05) is 12.1 Å². The van der Waals surface area contributed by atoms with Crippen LogP contribution in [0.4, 0.5) is 4.79 Å². The van der Waals surface area contributed by atoms with Crippen molar-refractivity contribution in [3.63, 3.8) is 0 Å². The number of ether oxygens (including phenoxy) is 3. The van der Waals surface area contributed by atoms with E-state index in [1.807, 2.05) is 50.2 Å². The maximum atomic E-state index is 12.9. The molecule has 4 rings (SSSR count). The quantitative estimate of drug-likeness (QED) is 0.203. The van der Waals surface area contributed by atoms with Gasteiger partial charge in [-0.25, -0.2) is 14.6 Å². The molecule has 0 spiro atoms. The number of hydrogen-bond acceptors (Lipinski definition) is 12. The van der Waals surface area contributed by atoms with E-state index in [1.165, 1.54) is 0 Å². The lowest BCUT2D eigenvalue weighted by molar-refractivity contribution is -0.169. The molecule has 0 aliphatic carbocycles. The minimum Gasteiger partial charge on any atom is -0.444 e. The van der Waals surface area contributed by atoms with Gasteiger partial charge in [0.2, 0.25) is 23.6 Å². The smallest absolute Gasteiger partial charge is 0.405 e. The van der Waals surface area contributed by atoms with Gasteiger partial charge in [0.15, 0.2) is 13.5 Å². The van der Waals surface area contributed by atoms with E-state index in [0.717, 1.165) is 20.9 Å². The molecular weight excluding hydrogens is 674 g/mol. The van der Waals surface area contributed by atoms with Gasteiger partial charge in [0.25, 0.3) is 0 Å². The molecule has 2 aromatic carbocycles. The van der Waals surface area contributed by atoms with Crippen LogP contribution in [0.2, 0.25) is 0 Å². The third-order valence-corrected chi connectivity index (χ3v) is 8.79. The molecule has 52 heavy (non-hydrogen) atoms. The SMILES string of the molecule is CC(C(=O)OCN1C(=O)CN(C(C)C(C)N2CC(=O)N(COC(=O)C(C)c3ccccc3)C(=O)C2)CC1=O)c1ccccc1.CC(C)(C)OC(N)=O. The molecule has 2 aromatic rings. The summed E-state index contributed by atoms with van der Waals surface area (Å²) in [4.78, 5) is 91.8. The van der Waals surface area contributed by atoms with Gasteiger partial charge >= 0.3 is 18.0 Å². The van der Waals surface area contributed by atoms with E-state index in [0.29, 0.717) is 0 Å². The van der Waals surface area contributed by atoms with Crippen molar-refractivity contribution in [1.82, 2.24) is 19.6 Å². The average molecular weight is 724 g/mol. The normalized spacial score (nSPS) is 18.1. The van der Waals surface area contributed by atoms with Crippen molar-refractivity contribution < 1.29 is 47.8 Å². The second-order valence-corrected chi connectivity index (χ2v) is 13.7. The van der Waals surface area contributed by atoms with E-state index in [4.69, 9.17) is 15.2 Å². The number of benzene rings is 2. The minimum atomic E-state index is -0.725. The van der Waals surface area contributed by atoms with Crippen LogP contribution >= 0.6 is 0 Å². The van der Waals surface area contributed by atoms with Crippen LogP contribution in [0, 0.1) is 0 Å². The van der Waals surface area contributed by atoms with Crippen molar-refractivity contribution in [2.75, 3.05) is 39.6 Å². The number of primary amides is 1. The summed E-state index contributed by atoms with van der Waals surface area (Å²) in [6, 6.07) is 17.4. The largest absolute Gasteiger partial charge is 0.444 e. The fourth-order valence-corrected chi connectivity index (χ4v) is 5.46. The van der Waals surface area contributed by atoms with Crippen LogP contribution in [0.15, 0.2) is 60.7 Å². The van der Waals surface area contributed by atoms with Gasteiger partial charge < -0.3 is 19.9 Å². The molecule has 2 fully saturated rings. The van der Waals surface area contributed by atoms with E-state index in [-0.39, 0.29) is 38.3 Å². The lowest BCUT2D eigenvalue weighted by atomic mass is 10.0. The highest BCUT2D eigenvalue weighted by Crippen LogP contribution is 2.21. The predicted octanol–water partition coefficient (Wildman–Crippen LogP) is 2.59. The molecule has 0 bridgehead atoms. The molecule has 2 N–H and O–H groups in total. The molecule has 2 aliphatic heterocycles. The first-order valence-electron chi connectivity index (χ1n) is 17.0. The molecule has 2 aliphatic rings. The van der Waals surface area contributed by atoms with Crippen molar-refractivity contribution in [2.45, 2.75) is 78.0 Å². The average Bonchev–Trinajstić information content (AvgIpc) is 3.09. The third kappa shape index (κ3) is 11.7. The molecule has 282 valence electrons. The molecule has 0 aromatic heterocycles. The molecule has 0 radical (unpaired) electrons. The molecule has 5 amide bonds. The maximum absolute atomic E-state index is 12.9. The number of carbonyl (C=O) groups excluding carboxylic acids is 7. The Morgan fingerprint density at radius 3 is 1.17 bits per heavy atom. The standard InChI is InChI=1S/C32H38N4O8.C5H11NO2/c1-21(25-11-7-5-8-12-25)31(41)43-19-35-27(37)15-33(16-28(35)38)23(3)24(4)34-17-29(39)36(30(40)18-34)20-44-32(42)22(2)26-13-9-6-10-14-26;1-5(2,3)8-4(6)7/h5-14,21-24H,15-20H2,1-4H3;1-3H3,(H2,6,7). The predicted molar refractivity (Wildman–Crippen MR) is 188 cm³/mol. The van der Waals surface area contributed by atoms with Crippen molar-refractivity contribution >= 4 is 41.7 Å². The van der Waals surface area contributed by atoms with Crippen molar-refractivity contribution in [1.29, 1.82) is 0 Å². The molecule has 4 atom stereocenters. The molecule has 15 heteroatoms. The van der Waals surface area contributed by atoms with Crippen LogP contribution in [0.1, 0.15) is 71.4 Å². The molecule has 4 unspecified atom stereocenters. The first kappa shape index (κ1) is 41.3. The van der Waals surface area contributed by atoms with Gasteiger partial charge in [-0.05, 0) is 59.6 Å². The summed E-state index contributed by atoms with van der Waals surface area (Å²) in [5, 5.41) is 0. The van der Waals surface area contributed by atoms with Gasteiger partial charge in [-0.1, -0.05) is 60.7 Å². The van der Waals surface area contributed by atoms with Crippen molar-refractivity contribution in [2.24, 2.45) is 5.73 Å². The number of nitrogens with two attached hydrogens (primary N) is 1. The molecule has 2 heterocycles. The Hall–Kier alpha value is -5.15. The summed E-state index contributed by atoms with van der Waals surface area (Å²) in [5.74, 6) is -4.25. The monoisotopic (exact) mass is 723 g/mol. The minimum absolute atomic E-state index is 0.0968. The molecule has 2 saturated heterocycles. The Morgan fingerprint density at radius 2 is 0.923 bits per heavy atom. The number of amides is 5. The van der Waals surface area contributed by atoms with Crippen LogP contribution < -0.4 is 5.73 Å². The van der Waals surface area contributed by atoms with Crippen LogP contribution in [0.25, 0.3) is 0 Å². The van der Waals surface area contributed by atoms with Crippen LogP contribution in [0.3, 0.4) is 0 Å². The van der Waals surface area contributed by atoms with Gasteiger partial charge in [-0.2, -0.15) is 0 Å². The van der Waals surface area contributed by atoms with Crippen LogP contribution in [0.5, 0.6) is 0 Å². The first-order valence-corrected chi connectivity index (χ1v) is 17.0. The Morgan fingerprint density at radius 1 is 0.615 bits per heavy atom. The highest BCUT2D eigenvalue weighted by Gasteiger charge is 2.40. The summed E-state index contributed by atoms with van der Waals surface area (Å²) in [6.07, 6.45) is -0.725. The lowest BCUT2D eigenvalue weighted by Crippen LogP contribution is -2.63. The summed E-state index contributed by atoms with van der Waals surface area (Å²) in [6.45, 7) is 11.0. The molecule has 15 nitrogen and oxygen atoms in total. The second kappa shape index (κ2) is 18.4. The zero-order valence-electron chi connectivity index (χ0n) is 30.8. The van der Waals surface area contributed by atoms with E-state index in [2.05, 4.69) is 4.74 Å². The number of esters is 2. The zero-order valence-corrected chi connectivity index (χ0v) is 30.8. The highest BCUT2D eigenvalue weighted by atomic mass is 16.6. The number of nitrogens with zero attached hydrogens (tertiary/aromatic N) is 4. The van der Waals surface area contributed by atoms with Crippen molar-refractivity contribution in [3.05, 3.63) is 71.8 Å². The number of piperazine rings is 2. The zero-order chi connectivity index (χ0) is 38.7. The molecular formula is C37H49N5O10. The summed E-state index contributed by atoms with van der Waals surface area (Å²) in [7, 11) is 0. The number of carbonyl (C=O) groups is 7. The second-order valence-electron chi connectivity index (χ2n) is 13.7. The maximum Gasteiger partial charge on any atom is 0.405 e. The van der Waals surface area contributed by atoms with Crippen molar-refractivity contribution in [3.8, 4) is 0 Å². The van der Waals surface area contributed by atoms with Crippen LogP contribution in [-0.4, -0.2) is 119 Å². The van der Waals surface area contributed by atoms with Gasteiger partial charge in [0.05, 0.1) is 38.0 Å². The highest BCUT2D eigenvalue weighted by molar-refractivity contribution is 6.00. The van der Waals surface area contributed by atoms with Gasteiger partial charge in [-0.3, -0.25) is 38.6 Å². The first-order chi connectivity index (χ1) is 24.4. The van der Waals surface area contributed by atoms with E-state index in [1.54, 1.807) is 68.7 Å². The van der Waals surface area contributed by atoms with Gasteiger partial charge in [-0.15, -0.1) is 0 Å². The number of rotatable bonds is 11. The summed E-state index contributed by atoms with van der Waals surface area (Å²) < 4.78 is 15.2. The Bertz CT molecular complexity index is 1460. The Balaban J connectivity index is 0.000000815. The Kier molecular flexibility index (Phi) is 14.6. The van der Waals surface area contributed by atoms with Crippen LogP contribution in [-0.2, 0) is 43.0 Å². The third-order valence-electron chi connectivity index (χ3n) is 8.79. The van der Waals surface area contributed by atoms with E-state index >= 15 is 0 Å². The summed E-state index contributed by atoms with van der Waals surface area (Å²) >= 11 is 0. The van der Waals surface area contributed by atoms with E-state index in [9.17, 15) is 33.6 Å². The number of imide groups is 2. The molecule has 0 saturated carbocycles. The lowest BCUT2D eigenvalue weighted by Gasteiger charge is -2.43. The number of hydrogen-bond donors (Lipinski definition) is 1. The fourth-order valence-electron chi connectivity index (χ4n) is 5.46. The topological polar surface area (TPSA) is 186 Å². The summed E-state index contributed by atoms with van der Waals surface area (Å²) in [5.41, 5.74) is 5.79. The van der Waals surface area contributed by atoms with Gasteiger partial charge in [0.1, 0.15) is 5.60 Å². The van der Waals surface area contributed by atoms with E-state index < -0.39 is 72.6 Å². The Labute approximate surface area is 303 Å².